The van der Waals surface area contributed by atoms with Gasteiger partial charge >= 0.3 is 5.97 Å². The third-order valence-electron chi connectivity index (χ3n) is 6.66. The highest BCUT2D eigenvalue weighted by Gasteiger charge is 2.38. The summed E-state index contributed by atoms with van der Waals surface area (Å²) in [6.07, 6.45) is 0.856. The number of aliphatic hydroxyl groups excluding tert-OH is 1. The van der Waals surface area contributed by atoms with E-state index in [9.17, 15) is 9.90 Å². The molecule has 0 bridgehead atoms. The molecule has 34 heavy (non-hydrogen) atoms. The highest BCUT2D eigenvalue weighted by molar-refractivity contribution is 6.74. The van der Waals surface area contributed by atoms with Gasteiger partial charge in [-0.2, -0.15) is 0 Å². The molecule has 5 heteroatoms. The van der Waals surface area contributed by atoms with E-state index in [0.29, 0.717) is 25.9 Å². The van der Waals surface area contributed by atoms with Gasteiger partial charge in [0.15, 0.2) is 8.32 Å². The summed E-state index contributed by atoms with van der Waals surface area (Å²) in [5.41, 5.74) is 2.89. The summed E-state index contributed by atoms with van der Waals surface area (Å²) in [5, 5.41) is 11.1. The van der Waals surface area contributed by atoms with E-state index in [1.165, 1.54) is 11.1 Å². The van der Waals surface area contributed by atoms with Crippen molar-refractivity contribution in [2.24, 2.45) is 5.92 Å². The molecule has 0 heterocycles. The predicted octanol–water partition coefficient (Wildman–Crippen LogP) is 7.02. The van der Waals surface area contributed by atoms with Crippen molar-refractivity contribution in [3.63, 3.8) is 0 Å². The zero-order chi connectivity index (χ0) is 25.6. The molecule has 0 aliphatic heterocycles. The number of ether oxygens (including phenoxy) is 1. The number of aliphatic hydroxyl groups is 1. The summed E-state index contributed by atoms with van der Waals surface area (Å²) in [5.74, 6) is -0.953. The Balaban J connectivity index is 2.02. The predicted molar refractivity (Wildman–Crippen MR) is 143 cm³/mol. The number of hydrogen-bond donors (Lipinski definition) is 1. The normalized spacial score (nSPS) is 14.5. The Morgan fingerprint density at radius 2 is 1.44 bits per heavy atom. The van der Waals surface area contributed by atoms with Gasteiger partial charge in [0.2, 0.25) is 0 Å². The minimum Gasteiger partial charge on any atom is -0.460 e. The zero-order valence-corrected chi connectivity index (χ0v) is 23.4. The van der Waals surface area contributed by atoms with Crippen LogP contribution in [0, 0.1) is 5.92 Å². The van der Waals surface area contributed by atoms with E-state index in [2.05, 4.69) is 70.3 Å². The Bertz CT molecular complexity index is 892. The van der Waals surface area contributed by atoms with Gasteiger partial charge in [0.1, 0.15) is 5.60 Å². The second-order valence-corrected chi connectivity index (χ2v) is 16.5. The lowest BCUT2D eigenvalue weighted by atomic mass is 9.93. The number of carbonyl (C=O) groups is 1. The van der Waals surface area contributed by atoms with Gasteiger partial charge in [0.25, 0.3) is 0 Å². The maximum absolute atomic E-state index is 12.9. The quantitative estimate of drug-likeness (QED) is 0.291. The summed E-state index contributed by atoms with van der Waals surface area (Å²) in [4.78, 5) is 12.9. The minimum atomic E-state index is -1.93. The first-order chi connectivity index (χ1) is 15.7. The minimum absolute atomic E-state index is 0.0962. The number of carbonyl (C=O) groups excluding carboxylic acids is 1. The average Bonchev–Trinajstić information content (AvgIpc) is 2.74. The molecule has 2 atom stereocenters. The Kier molecular flexibility index (Phi) is 9.69. The number of rotatable bonds is 10. The SMILES string of the molecule is CC(C)(C)OC(=O)C(CCO[Si](C)(C)C(C)(C)C)C(O)CCc1ccc(-c2ccccc2)cc1. The van der Waals surface area contributed by atoms with Gasteiger partial charge in [-0.05, 0) is 74.9 Å². The Labute approximate surface area is 207 Å². The molecule has 0 aliphatic carbocycles. The molecule has 0 radical (unpaired) electrons. The Morgan fingerprint density at radius 1 is 0.882 bits per heavy atom. The van der Waals surface area contributed by atoms with Gasteiger partial charge < -0.3 is 14.3 Å². The first kappa shape index (κ1) is 28.3. The van der Waals surface area contributed by atoms with Crippen molar-refractivity contribution in [2.75, 3.05) is 6.61 Å². The van der Waals surface area contributed by atoms with E-state index < -0.39 is 25.9 Å². The largest absolute Gasteiger partial charge is 0.460 e. The first-order valence-electron chi connectivity index (χ1n) is 12.4. The van der Waals surface area contributed by atoms with Gasteiger partial charge in [-0.25, -0.2) is 0 Å². The Morgan fingerprint density at radius 3 is 1.97 bits per heavy atom. The standard InChI is InChI=1S/C29H44O4Si/c1-28(2,3)33-27(31)25(20-21-32-34(7,8)29(4,5)6)26(30)19-16-22-14-17-24(18-15-22)23-12-10-9-11-13-23/h9-15,17-18,25-26,30H,16,19-21H2,1-8H3. The lowest BCUT2D eigenvalue weighted by Crippen LogP contribution is -2.42. The third-order valence-corrected chi connectivity index (χ3v) is 11.2. The summed E-state index contributed by atoms with van der Waals surface area (Å²) in [7, 11) is -1.93. The fourth-order valence-corrected chi connectivity index (χ4v) is 4.57. The van der Waals surface area contributed by atoms with Gasteiger partial charge in [-0.1, -0.05) is 75.4 Å². The van der Waals surface area contributed by atoms with Crippen LogP contribution in [0.5, 0.6) is 0 Å². The highest BCUT2D eigenvalue weighted by Crippen LogP contribution is 2.37. The smallest absolute Gasteiger partial charge is 0.312 e. The average molecular weight is 485 g/mol. The van der Waals surface area contributed by atoms with Crippen LogP contribution in [-0.4, -0.2) is 37.7 Å². The number of benzene rings is 2. The van der Waals surface area contributed by atoms with E-state index in [4.69, 9.17) is 9.16 Å². The van der Waals surface area contributed by atoms with Crippen LogP contribution in [0.2, 0.25) is 18.1 Å². The maximum Gasteiger partial charge on any atom is 0.312 e. The Hall–Kier alpha value is -1.95. The summed E-state index contributed by atoms with van der Waals surface area (Å²) in [6.45, 7) is 17.0. The maximum atomic E-state index is 12.9. The molecule has 0 amide bonds. The van der Waals surface area contributed by atoms with Gasteiger partial charge in [0, 0.05) is 6.61 Å². The molecule has 0 saturated carbocycles. The van der Waals surface area contributed by atoms with Crippen molar-refractivity contribution in [3.05, 3.63) is 60.2 Å². The molecule has 0 saturated heterocycles. The van der Waals surface area contributed by atoms with Crippen LogP contribution in [0.4, 0.5) is 0 Å². The van der Waals surface area contributed by atoms with Crippen molar-refractivity contribution in [2.45, 2.75) is 90.6 Å². The van der Waals surface area contributed by atoms with Crippen molar-refractivity contribution >= 4 is 14.3 Å². The second kappa shape index (κ2) is 11.7. The number of aryl methyl sites for hydroxylation is 1. The van der Waals surface area contributed by atoms with Crippen LogP contribution in [0.15, 0.2) is 54.6 Å². The van der Waals surface area contributed by atoms with Crippen LogP contribution < -0.4 is 0 Å². The molecule has 1 N–H and O–H groups in total. The van der Waals surface area contributed by atoms with Crippen molar-refractivity contribution in [1.82, 2.24) is 0 Å². The lowest BCUT2D eigenvalue weighted by molar-refractivity contribution is -0.164. The summed E-state index contributed by atoms with van der Waals surface area (Å²) in [6, 6.07) is 18.7. The molecule has 0 fully saturated rings. The topological polar surface area (TPSA) is 55.8 Å². The first-order valence-corrected chi connectivity index (χ1v) is 15.3. The molecular formula is C29H44O4Si. The van der Waals surface area contributed by atoms with E-state index in [-0.39, 0.29) is 11.0 Å². The van der Waals surface area contributed by atoms with E-state index in [1.54, 1.807) is 0 Å². The van der Waals surface area contributed by atoms with E-state index in [0.717, 1.165) is 5.56 Å². The fourth-order valence-electron chi connectivity index (χ4n) is 3.51. The van der Waals surface area contributed by atoms with Crippen molar-refractivity contribution < 1.29 is 19.1 Å². The molecule has 0 aromatic heterocycles. The third kappa shape index (κ3) is 8.68. The van der Waals surface area contributed by atoms with Gasteiger partial charge in [-0.15, -0.1) is 0 Å². The molecular weight excluding hydrogens is 440 g/mol. The van der Waals surface area contributed by atoms with Crippen LogP contribution in [0.25, 0.3) is 11.1 Å². The van der Waals surface area contributed by atoms with Gasteiger partial charge in [-0.3, -0.25) is 4.79 Å². The van der Waals surface area contributed by atoms with Crippen LogP contribution in [-0.2, 0) is 20.4 Å². The van der Waals surface area contributed by atoms with E-state index in [1.807, 2.05) is 39.0 Å². The molecule has 2 unspecified atom stereocenters. The fraction of sp³-hybridized carbons (Fsp3) is 0.552. The van der Waals surface area contributed by atoms with Crippen LogP contribution in [0.3, 0.4) is 0 Å². The van der Waals surface area contributed by atoms with Crippen molar-refractivity contribution in [1.29, 1.82) is 0 Å². The lowest BCUT2D eigenvalue weighted by Gasteiger charge is -2.36. The molecule has 188 valence electrons. The second-order valence-electron chi connectivity index (χ2n) is 11.7. The van der Waals surface area contributed by atoms with Crippen molar-refractivity contribution in [3.8, 4) is 11.1 Å². The number of hydrogen-bond acceptors (Lipinski definition) is 4. The van der Waals surface area contributed by atoms with Gasteiger partial charge in [0.05, 0.1) is 12.0 Å². The highest BCUT2D eigenvalue weighted by atomic mass is 28.4. The zero-order valence-electron chi connectivity index (χ0n) is 22.4. The number of esters is 1. The molecule has 0 aliphatic rings. The summed E-state index contributed by atoms with van der Waals surface area (Å²) >= 11 is 0. The molecule has 2 aromatic rings. The van der Waals surface area contributed by atoms with Crippen LogP contribution in [0.1, 0.15) is 59.9 Å². The molecule has 0 spiro atoms. The summed E-state index contributed by atoms with van der Waals surface area (Å²) < 4.78 is 11.9. The molecule has 4 nitrogen and oxygen atoms in total. The van der Waals surface area contributed by atoms with Crippen LogP contribution >= 0.6 is 0 Å². The van der Waals surface area contributed by atoms with E-state index >= 15 is 0 Å². The monoisotopic (exact) mass is 484 g/mol. The molecule has 2 rings (SSSR count). The molecule has 2 aromatic carbocycles.